The molecule has 2 aliphatic heterocycles. The van der Waals surface area contributed by atoms with E-state index in [2.05, 4.69) is 4.72 Å². The molecule has 0 spiro atoms. The van der Waals surface area contributed by atoms with Gasteiger partial charge in [0.1, 0.15) is 0 Å². The van der Waals surface area contributed by atoms with Gasteiger partial charge in [-0.25, -0.2) is 8.42 Å². The van der Waals surface area contributed by atoms with Crippen LogP contribution >= 0.6 is 0 Å². The molecule has 0 aliphatic carbocycles. The molecule has 4 rings (SSSR count). The molecule has 2 amide bonds. The number of aryl methyl sites for hydroxylation is 1. The van der Waals surface area contributed by atoms with Crippen molar-refractivity contribution in [3.05, 3.63) is 53.6 Å². The minimum atomic E-state index is -3.75. The molecule has 0 bridgehead atoms. The lowest BCUT2D eigenvalue weighted by Gasteiger charge is -2.27. The summed E-state index contributed by atoms with van der Waals surface area (Å²) in [6, 6.07) is 12.2. The van der Waals surface area contributed by atoms with Crippen molar-refractivity contribution in [1.82, 2.24) is 4.90 Å². The van der Waals surface area contributed by atoms with Crippen molar-refractivity contribution in [2.45, 2.75) is 37.5 Å². The molecule has 2 aromatic rings. The van der Waals surface area contributed by atoms with Crippen LogP contribution in [0.5, 0.6) is 0 Å². The topological polar surface area (TPSA) is 96.0 Å². The highest BCUT2D eigenvalue weighted by molar-refractivity contribution is 7.92. The lowest BCUT2D eigenvalue weighted by molar-refractivity contribution is -0.136. The maximum Gasteiger partial charge on any atom is 0.261 e. The summed E-state index contributed by atoms with van der Waals surface area (Å²) in [5.74, 6) is -0.161. The second-order valence-electron chi connectivity index (χ2n) is 8.24. The van der Waals surface area contributed by atoms with Crippen LogP contribution in [0.4, 0.5) is 11.4 Å². The van der Waals surface area contributed by atoms with Crippen molar-refractivity contribution in [3.63, 3.8) is 0 Å². The van der Waals surface area contributed by atoms with Gasteiger partial charge in [0, 0.05) is 43.9 Å². The fourth-order valence-electron chi connectivity index (χ4n) is 4.19. The molecule has 0 atom stereocenters. The Hall–Kier alpha value is -2.91. The molecule has 1 fully saturated rings. The number of carbonyl (C=O) groups is 2. The highest BCUT2D eigenvalue weighted by atomic mass is 32.2. The van der Waals surface area contributed by atoms with E-state index in [0.717, 1.165) is 17.5 Å². The maximum atomic E-state index is 12.9. The van der Waals surface area contributed by atoms with Gasteiger partial charge in [-0.05, 0) is 54.3 Å². The number of nitrogens with zero attached hydrogens (tertiary/aromatic N) is 2. The number of sulfonamides is 1. The van der Waals surface area contributed by atoms with Crippen molar-refractivity contribution in [2.75, 3.05) is 42.5 Å². The Kier molecular flexibility index (Phi) is 6.99. The van der Waals surface area contributed by atoms with Gasteiger partial charge in [0.25, 0.3) is 10.0 Å². The fourth-order valence-corrected chi connectivity index (χ4v) is 5.29. The summed E-state index contributed by atoms with van der Waals surface area (Å²) in [7, 11) is -3.75. The molecule has 0 aromatic heterocycles. The molecule has 33 heavy (non-hydrogen) atoms. The van der Waals surface area contributed by atoms with Gasteiger partial charge in [-0.15, -0.1) is 0 Å². The van der Waals surface area contributed by atoms with Gasteiger partial charge in [0.05, 0.1) is 18.1 Å². The number of carbonyl (C=O) groups excluding carboxylic acids is 2. The van der Waals surface area contributed by atoms with Crippen LogP contribution in [0.2, 0.25) is 0 Å². The van der Waals surface area contributed by atoms with Crippen LogP contribution in [-0.2, 0) is 37.2 Å². The van der Waals surface area contributed by atoms with Gasteiger partial charge in [-0.2, -0.15) is 0 Å². The molecule has 0 radical (unpaired) electrons. The highest BCUT2D eigenvalue weighted by Gasteiger charge is 2.27. The number of nitrogens with one attached hydrogen (secondary N) is 1. The van der Waals surface area contributed by atoms with Gasteiger partial charge in [-0.1, -0.05) is 19.1 Å². The van der Waals surface area contributed by atoms with Gasteiger partial charge < -0.3 is 14.5 Å². The zero-order chi connectivity index (χ0) is 23.4. The number of hydrogen-bond acceptors (Lipinski definition) is 5. The van der Waals surface area contributed by atoms with Crippen LogP contribution in [0.15, 0.2) is 47.4 Å². The van der Waals surface area contributed by atoms with Crippen molar-refractivity contribution in [1.29, 1.82) is 0 Å². The zero-order valence-corrected chi connectivity index (χ0v) is 19.6. The van der Waals surface area contributed by atoms with Gasteiger partial charge in [-0.3, -0.25) is 14.3 Å². The lowest BCUT2D eigenvalue weighted by atomic mass is 10.1. The average Bonchev–Trinajstić information content (AvgIpc) is 3.26. The van der Waals surface area contributed by atoms with Crippen molar-refractivity contribution >= 4 is 33.2 Å². The third-order valence-corrected chi connectivity index (χ3v) is 7.44. The molecule has 9 heteroatoms. The molecule has 0 saturated carbocycles. The highest BCUT2D eigenvalue weighted by Crippen LogP contribution is 2.31. The molecule has 2 aliphatic rings. The lowest BCUT2D eigenvalue weighted by Crippen LogP contribution is -2.41. The van der Waals surface area contributed by atoms with Crippen molar-refractivity contribution in [2.24, 2.45) is 0 Å². The first-order valence-electron chi connectivity index (χ1n) is 11.3. The van der Waals surface area contributed by atoms with E-state index in [1.165, 1.54) is 6.07 Å². The fraction of sp³-hybridized carbons (Fsp3) is 0.417. The third kappa shape index (κ3) is 5.36. The predicted octanol–water partition coefficient (Wildman–Crippen LogP) is 2.58. The number of fused-ring (bicyclic) bond motifs is 1. The van der Waals surface area contributed by atoms with E-state index in [1.54, 1.807) is 28.0 Å². The summed E-state index contributed by atoms with van der Waals surface area (Å²) in [5, 5.41) is 0. The predicted molar refractivity (Wildman–Crippen MR) is 126 cm³/mol. The maximum absolute atomic E-state index is 12.9. The first-order valence-corrected chi connectivity index (χ1v) is 12.8. The summed E-state index contributed by atoms with van der Waals surface area (Å²) in [4.78, 5) is 28.7. The number of amides is 2. The van der Waals surface area contributed by atoms with Crippen LogP contribution in [0, 0.1) is 0 Å². The van der Waals surface area contributed by atoms with Gasteiger partial charge in [0.15, 0.2) is 0 Å². The standard InChI is InChI=1S/C24H29N3O5S/c1-2-18-4-3-5-20(16-18)25-33(30,31)21-6-7-22-19(17-21)10-11-27(22)24(29)9-8-23(28)26-12-14-32-15-13-26/h3-7,16-17,25H,2,8-15H2,1H3. The van der Waals surface area contributed by atoms with E-state index in [-0.39, 0.29) is 29.6 Å². The number of hydrogen-bond donors (Lipinski definition) is 1. The minimum Gasteiger partial charge on any atom is -0.378 e. The van der Waals surface area contributed by atoms with Crippen LogP contribution in [-0.4, -0.2) is 58.0 Å². The summed E-state index contributed by atoms with van der Waals surface area (Å²) in [6.07, 6.45) is 1.69. The number of benzene rings is 2. The number of rotatable bonds is 7. The number of morpholine rings is 1. The largest absolute Gasteiger partial charge is 0.378 e. The summed E-state index contributed by atoms with van der Waals surface area (Å²) < 4.78 is 33.7. The molecular formula is C24H29N3O5S. The van der Waals surface area contributed by atoms with Crippen molar-refractivity contribution in [3.8, 4) is 0 Å². The first kappa shape index (κ1) is 23.3. The average molecular weight is 472 g/mol. The van der Waals surface area contributed by atoms with Crippen LogP contribution in [0.1, 0.15) is 30.9 Å². The zero-order valence-electron chi connectivity index (χ0n) is 18.7. The van der Waals surface area contributed by atoms with E-state index in [1.807, 2.05) is 25.1 Å². The second kappa shape index (κ2) is 9.93. The van der Waals surface area contributed by atoms with E-state index in [9.17, 15) is 18.0 Å². The Labute approximate surface area is 194 Å². The summed E-state index contributed by atoms with van der Waals surface area (Å²) >= 11 is 0. The molecular weight excluding hydrogens is 442 g/mol. The van der Waals surface area contributed by atoms with E-state index >= 15 is 0 Å². The molecule has 1 saturated heterocycles. The quantitative estimate of drug-likeness (QED) is 0.670. The molecule has 8 nitrogen and oxygen atoms in total. The van der Waals surface area contributed by atoms with E-state index in [4.69, 9.17) is 4.74 Å². The summed E-state index contributed by atoms with van der Waals surface area (Å²) in [5.41, 5.74) is 3.10. The Morgan fingerprint density at radius 2 is 1.76 bits per heavy atom. The third-order valence-electron chi connectivity index (χ3n) is 6.06. The second-order valence-corrected chi connectivity index (χ2v) is 9.92. The number of anilines is 2. The molecule has 1 N–H and O–H groups in total. The monoisotopic (exact) mass is 471 g/mol. The van der Waals surface area contributed by atoms with Crippen LogP contribution in [0.25, 0.3) is 0 Å². The molecule has 176 valence electrons. The molecule has 2 heterocycles. The Balaban J connectivity index is 1.41. The smallest absolute Gasteiger partial charge is 0.261 e. The van der Waals surface area contributed by atoms with Crippen LogP contribution < -0.4 is 9.62 Å². The van der Waals surface area contributed by atoms with E-state index < -0.39 is 10.0 Å². The Bertz CT molecular complexity index is 1140. The SMILES string of the molecule is CCc1cccc(NS(=O)(=O)c2ccc3c(c2)CCN3C(=O)CCC(=O)N2CCOCC2)c1. The Morgan fingerprint density at radius 3 is 2.52 bits per heavy atom. The van der Waals surface area contributed by atoms with Crippen molar-refractivity contribution < 1.29 is 22.7 Å². The number of ether oxygens (including phenoxy) is 1. The van der Waals surface area contributed by atoms with Gasteiger partial charge in [0.2, 0.25) is 11.8 Å². The summed E-state index contributed by atoms with van der Waals surface area (Å²) in [6.45, 7) is 4.68. The normalized spacial score (nSPS) is 15.9. The van der Waals surface area contributed by atoms with E-state index in [0.29, 0.717) is 50.6 Å². The van der Waals surface area contributed by atoms with Gasteiger partial charge >= 0.3 is 0 Å². The Morgan fingerprint density at radius 1 is 1.00 bits per heavy atom. The molecule has 0 unspecified atom stereocenters. The van der Waals surface area contributed by atoms with Crippen LogP contribution in [0.3, 0.4) is 0 Å². The molecule has 2 aromatic carbocycles. The minimum absolute atomic E-state index is 0.0364. The first-order chi connectivity index (χ1) is 15.9.